The van der Waals surface area contributed by atoms with Crippen LogP contribution in [0.1, 0.15) is 38.2 Å². The van der Waals surface area contributed by atoms with Gasteiger partial charge in [-0.15, -0.1) is 5.73 Å². The maximum Gasteiger partial charge on any atom is 0.130 e. The third-order valence-electron chi connectivity index (χ3n) is 6.11. The van der Waals surface area contributed by atoms with Crippen LogP contribution < -0.4 is 0 Å². The van der Waals surface area contributed by atoms with E-state index in [0.29, 0.717) is 6.04 Å². The maximum absolute atomic E-state index is 6.28. The Morgan fingerprint density at radius 3 is 2.64 bits per heavy atom. The van der Waals surface area contributed by atoms with E-state index < -0.39 is 0 Å². The second kappa shape index (κ2) is 9.43. The van der Waals surface area contributed by atoms with Gasteiger partial charge in [0, 0.05) is 36.9 Å². The van der Waals surface area contributed by atoms with Gasteiger partial charge in [0.2, 0.25) is 0 Å². The Kier molecular flexibility index (Phi) is 6.49. The molecule has 2 heterocycles. The van der Waals surface area contributed by atoms with Crippen LogP contribution in [0.4, 0.5) is 0 Å². The fourth-order valence-electron chi connectivity index (χ4n) is 4.57. The summed E-state index contributed by atoms with van der Waals surface area (Å²) in [6.07, 6.45) is 14.5. The first-order chi connectivity index (χ1) is 13.8. The number of benzene rings is 1. The van der Waals surface area contributed by atoms with E-state index in [0.717, 1.165) is 32.4 Å². The van der Waals surface area contributed by atoms with E-state index in [2.05, 4.69) is 71.0 Å². The lowest BCUT2D eigenvalue weighted by Crippen LogP contribution is -2.52. The molecule has 1 atom stereocenters. The van der Waals surface area contributed by atoms with Gasteiger partial charge in [-0.1, -0.05) is 43.7 Å². The fourth-order valence-corrected chi connectivity index (χ4v) is 4.57. The summed E-state index contributed by atoms with van der Waals surface area (Å²) in [5.74, 6) is 0. The first kappa shape index (κ1) is 19.3. The lowest BCUT2D eigenvalue weighted by atomic mass is 9.97. The highest BCUT2D eigenvalue weighted by Gasteiger charge is 2.35. The second-order valence-corrected chi connectivity index (χ2v) is 8.01. The number of ether oxygens (including phenoxy) is 1. The molecule has 2 saturated heterocycles. The van der Waals surface area contributed by atoms with Gasteiger partial charge in [0.1, 0.15) is 6.23 Å². The number of nitrogens with zero attached hydrogens (tertiary/aromatic N) is 2. The summed E-state index contributed by atoms with van der Waals surface area (Å²) in [5.41, 5.74) is 7.31. The number of rotatable bonds is 6. The van der Waals surface area contributed by atoms with Gasteiger partial charge >= 0.3 is 0 Å². The molecule has 0 radical (unpaired) electrons. The van der Waals surface area contributed by atoms with Crippen LogP contribution in [-0.4, -0.2) is 48.3 Å². The fraction of sp³-hybridized carbons (Fsp3) is 0.480. The number of fused-ring (bicyclic) bond motifs is 1. The Labute approximate surface area is 169 Å². The van der Waals surface area contributed by atoms with Crippen LogP contribution in [-0.2, 0) is 11.2 Å². The molecule has 0 amide bonds. The predicted molar refractivity (Wildman–Crippen MR) is 115 cm³/mol. The van der Waals surface area contributed by atoms with E-state index in [1.165, 1.54) is 42.8 Å². The van der Waals surface area contributed by atoms with Crippen molar-refractivity contribution in [3.63, 3.8) is 0 Å². The summed E-state index contributed by atoms with van der Waals surface area (Å²) >= 11 is 0. The van der Waals surface area contributed by atoms with Gasteiger partial charge in [0.25, 0.3) is 0 Å². The Balaban J connectivity index is 1.39. The minimum Gasteiger partial charge on any atom is -0.354 e. The molecule has 148 valence electrons. The molecule has 3 heteroatoms. The van der Waals surface area contributed by atoms with Crippen molar-refractivity contribution in [1.29, 1.82) is 0 Å². The predicted octanol–water partition coefficient (Wildman–Crippen LogP) is 4.69. The molecule has 3 aliphatic rings. The largest absolute Gasteiger partial charge is 0.354 e. The molecule has 28 heavy (non-hydrogen) atoms. The van der Waals surface area contributed by atoms with Crippen LogP contribution in [0.2, 0.25) is 0 Å². The van der Waals surface area contributed by atoms with Crippen molar-refractivity contribution in [1.82, 2.24) is 9.80 Å². The van der Waals surface area contributed by atoms with Crippen molar-refractivity contribution in [3.8, 4) is 0 Å². The van der Waals surface area contributed by atoms with Gasteiger partial charge in [-0.2, -0.15) is 0 Å². The minimum atomic E-state index is 0.209. The summed E-state index contributed by atoms with van der Waals surface area (Å²) in [5, 5.41) is 0. The lowest BCUT2D eigenvalue weighted by Gasteiger charge is -2.47. The molecular formula is C25H32N2O. The van der Waals surface area contributed by atoms with Crippen molar-refractivity contribution >= 4 is 0 Å². The number of hydrogen-bond donors (Lipinski definition) is 0. The molecular weight excluding hydrogens is 344 g/mol. The zero-order valence-electron chi connectivity index (χ0n) is 17.0. The SMILES string of the molecule is CCCC1OCC2=CC=C=CC=C2N1C1CCN(CCc2ccccc2)CC1. The van der Waals surface area contributed by atoms with Crippen molar-refractivity contribution in [2.24, 2.45) is 0 Å². The highest BCUT2D eigenvalue weighted by Crippen LogP contribution is 2.34. The van der Waals surface area contributed by atoms with E-state index >= 15 is 0 Å². The number of piperidine rings is 1. The normalized spacial score (nSPS) is 23.2. The van der Waals surface area contributed by atoms with Crippen LogP contribution in [0, 0.1) is 0 Å². The highest BCUT2D eigenvalue weighted by atomic mass is 16.5. The molecule has 0 saturated carbocycles. The minimum absolute atomic E-state index is 0.209. The molecule has 2 fully saturated rings. The van der Waals surface area contributed by atoms with Crippen molar-refractivity contribution in [2.45, 2.75) is 51.3 Å². The monoisotopic (exact) mass is 376 g/mol. The van der Waals surface area contributed by atoms with Gasteiger partial charge in [-0.25, -0.2) is 0 Å². The Hall–Kier alpha value is -2.06. The molecule has 1 aliphatic carbocycles. The quantitative estimate of drug-likeness (QED) is 0.670. The van der Waals surface area contributed by atoms with Crippen molar-refractivity contribution in [3.05, 3.63) is 77.2 Å². The van der Waals surface area contributed by atoms with Crippen molar-refractivity contribution in [2.75, 3.05) is 26.2 Å². The zero-order valence-corrected chi connectivity index (χ0v) is 17.0. The molecule has 0 aromatic heterocycles. The van der Waals surface area contributed by atoms with Gasteiger partial charge in [0.05, 0.1) is 6.61 Å². The van der Waals surface area contributed by atoms with E-state index in [9.17, 15) is 0 Å². The third-order valence-corrected chi connectivity index (χ3v) is 6.11. The number of hydrogen-bond acceptors (Lipinski definition) is 3. The van der Waals surface area contributed by atoms with E-state index in [4.69, 9.17) is 4.74 Å². The average Bonchev–Trinajstić information content (AvgIpc) is 2.99. The van der Waals surface area contributed by atoms with Gasteiger partial charge in [-0.3, -0.25) is 0 Å². The van der Waals surface area contributed by atoms with Crippen LogP contribution in [0.25, 0.3) is 0 Å². The van der Waals surface area contributed by atoms with Crippen LogP contribution >= 0.6 is 0 Å². The molecule has 0 N–H and O–H groups in total. The molecule has 1 aromatic rings. The zero-order chi connectivity index (χ0) is 19.2. The molecule has 3 nitrogen and oxygen atoms in total. The summed E-state index contributed by atoms with van der Waals surface area (Å²) in [7, 11) is 0. The molecule has 0 spiro atoms. The first-order valence-electron chi connectivity index (χ1n) is 10.8. The van der Waals surface area contributed by atoms with Gasteiger partial charge < -0.3 is 14.5 Å². The summed E-state index contributed by atoms with van der Waals surface area (Å²) in [6.45, 7) is 6.48. The summed E-state index contributed by atoms with van der Waals surface area (Å²) in [6, 6.07) is 11.4. The smallest absolute Gasteiger partial charge is 0.130 e. The first-order valence-corrected chi connectivity index (χ1v) is 10.8. The average molecular weight is 377 g/mol. The molecule has 1 aromatic carbocycles. The molecule has 2 aliphatic heterocycles. The topological polar surface area (TPSA) is 15.7 Å². The van der Waals surface area contributed by atoms with Crippen molar-refractivity contribution < 1.29 is 4.74 Å². The number of likely N-dealkylation sites (tertiary alicyclic amines) is 1. The summed E-state index contributed by atoms with van der Waals surface area (Å²) < 4.78 is 6.28. The second-order valence-electron chi connectivity index (χ2n) is 8.01. The standard InChI is InChI=1S/C25H32N2O/c1-2-9-25-27(24-13-8-4-7-12-22(24)20-28-25)23-15-18-26(19-16-23)17-14-21-10-5-3-6-11-21/h3,5-8,10-13,23,25H,2,9,14-20H2,1H3. The van der Waals surface area contributed by atoms with E-state index in [1.807, 2.05) is 6.08 Å². The van der Waals surface area contributed by atoms with Crippen LogP contribution in [0.3, 0.4) is 0 Å². The third kappa shape index (κ3) is 4.50. The molecule has 0 bridgehead atoms. The van der Waals surface area contributed by atoms with E-state index in [-0.39, 0.29) is 6.23 Å². The van der Waals surface area contributed by atoms with Gasteiger partial charge in [0.15, 0.2) is 0 Å². The summed E-state index contributed by atoms with van der Waals surface area (Å²) in [4.78, 5) is 5.22. The van der Waals surface area contributed by atoms with Crippen LogP contribution in [0.15, 0.2) is 71.6 Å². The Bertz CT molecular complexity index is 765. The van der Waals surface area contributed by atoms with Crippen LogP contribution in [0.5, 0.6) is 0 Å². The molecule has 1 unspecified atom stereocenters. The highest BCUT2D eigenvalue weighted by molar-refractivity contribution is 5.40. The van der Waals surface area contributed by atoms with Gasteiger partial charge in [-0.05, 0) is 55.6 Å². The van der Waals surface area contributed by atoms with E-state index in [1.54, 1.807) is 0 Å². The lowest BCUT2D eigenvalue weighted by molar-refractivity contribution is -0.0838. The molecule has 4 rings (SSSR count). The maximum atomic E-state index is 6.28. The number of allylic oxidation sites excluding steroid dienone is 3. The Morgan fingerprint density at radius 2 is 1.86 bits per heavy atom. The Morgan fingerprint density at radius 1 is 1.07 bits per heavy atom.